The molecule has 0 aromatic heterocycles. The molecule has 5 heteroatoms. The predicted molar refractivity (Wildman–Crippen MR) is 107 cm³/mol. The van der Waals surface area contributed by atoms with E-state index in [0.717, 1.165) is 22.3 Å². The molecule has 0 fully saturated rings. The van der Waals surface area contributed by atoms with E-state index in [2.05, 4.69) is 12.1 Å². The zero-order valence-corrected chi connectivity index (χ0v) is 15.3. The number of fused-ring (bicyclic) bond motifs is 3. The average molecular weight is 373 g/mol. The highest BCUT2D eigenvalue weighted by atomic mass is 16.5. The van der Waals surface area contributed by atoms with Crippen LogP contribution in [0.2, 0.25) is 0 Å². The highest BCUT2D eigenvalue weighted by Gasteiger charge is 2.29. The maximum Gasteiger partial charge on any atom is 0.340 e. The van der Waals surface area contributed by atoms with E-state index in [1.165, 1.54) is 6.07 Å². The van der Waals surface area contributed by atoms with Crippen LogP contribution in [0.5, 0.6) is 0 Å². The summed E-state index contributed by atoms with van der Waals surface area (Å²) in [5, 5.41) is 9.34. The van der Waals surface area contributed by atoms with E-state index in [4.69, 9.17) is 10.5 Å². The lowest BCUT2D eigenvalue weighted by Gasteiger charge is -2.15. The topological polar surface area (TPSA) is 89.6 Å². The Morgan fingerprint density at radius 2 is 1.54 bits per heavy atom. The Kier molecular flexibility index (Phi) is 4.35. The fourth-order valence-corrected chi connectivity index (χ4v) is 3.87. The van der Waals surface area contributed by atoms with Gasteiger partial charge < -0.3 is 15.6 Å². The third kappa shape index (κ3) is 2.81. The number of carbonyl (C=O) groups excluding carboxylic acids is 1. The fourth-order valence-electron chi connectivity index (χ4n) is 3.87. The van der Waals surface area contributed by atoms with Gasteiger partial charge in [-0.05, 0) is 40.8 Å². The van der Waals surface area contributed by atoms with E-state index in [1.807, 2.05) is 36.4 Å². The molecule has 0 heterocycles. The van der Waals surface area contributed by atoms with Crippen molar-refractivity contribution in [2.24, 2.45) is 0 Å². The second kappa shape index (κ2) is 6.85. The lowest BCUT2D eigenvalue weighted by atomic mass is 9.98. The monoisotopic (exact) mass is 373 g/mol. The minimum Gasteiger partial charge on any atom is -0.478 e. The van der Waals surface area contributed by atoms with Crippen molar-refractivity contribution in [3.05, 3.63) is 88.5 Å². The van der Waals surface area contributed by atoms with Crippen molar-refractivity contribution in [1.29, 1.82) is 0 Å². The van der Waals surface area contributed by atoms with Crippen molar-refractivity contribution in [3.63, 3.8) is 0 Å². The zero-order chi connectivity index (χ0) is 19.8. The Morgan fingerprint density at radius 1 is 0.964 bits per heavy atom. The van der Waals surface area contributed by atoms with Gasteiger partial charge in [0, 0.05) is 5.92 Å². The lowest BCUT2D eigenvalue weighted by molar-refractivity contribution is 0.0495. The highest BCUT2D eigenvalue weighted by molar-refractivity contribution is 6.04. The van der Waals surface area contributed by atoms with Crippen LogP contribution in [0, 0.1) is 6.92 Å². The molecule has 3 aromatic carbocycles. The number of aromatic carboxylic acids is 1. The largest absolute Gasteiger partial charge is 0.478 e. The number of esters is 1. The summed E-state index contributed by atoms with van der Waals surface area (Å²) in [5.41, 5.74) is 10.9. The number of anilines is 1. The van der Waals surface area contributed by atoms with Gasteiger partial charge in [-0.2, -0.15) is 0 Å². The summed E-state index contributed by atoms with van der Waals surface area (Å²) in [7, 11) is 0. The van der Waals surface area contributed by atoms with Crippen LogP contribution < -0.4 is 5.73 Å². The van der Waals surface area contributed by atoms with E-state index < -0.39 is 11.9 Å². The summed E-state index contributed by atoms with van der Waals surface area (Å²) in [6.45, 7) is 1.80. The number of aryl methyl sites for hydroxylation is 1. The van der Waals surface area contributed by atoms with Crippen LogP contribution in [0.1, 0.15) is 43.3 Å². The van der Waals surface area contributed by atoms with Gasteiger partial charge in [-0.15, -0.1) is 0 Å². The van der Waals surface area contributed by atoms with Gasteiger partial charge in [-0.3, -0.25) is 0 Å². The maximum absolute atomic E-state index is 12.6. The quantitative estimate of drug-likeness (QED) is 0.527. The normalized spacial score (nSPS) is 12.3. The standard InChI is InChI=1S/C23H19NO4/c1-13-10-11-18(21(24)20(13)22(25)26)23(27)28-12-19-16-8-4-2-6-14(16)15-7-3-5-9-17(15)19/h2-11,19H,12,24H2,1H3,(H,25,26). The van der Waals surface area contributed by atoms with Gasteiger partial charge in [0.15, 0.2) is 0 Å². The fraction of sp³-hybridized carbons (Fsp3) is 0.130. The second-order valence-corrected chi connectivity index (χ2v) is 6.85. The molecule has 3 aromatic rings. The first kappa shape index (κ1) is 17.8. The number of rotatable bonds is 4. The van der Waals surface area contributed by atoms with Crippen molar-refractivity contribution in [3.8, 4) is 11.1 Å². The summed E-state index contributed by atoms with van der Waals surface area (Å²) in [5.74, 6) is -1.85. The number of carbonyl (C=O) groups is 2. The Morgan fingerprint density at radius 3 is 2.11 bits per heavy atom. The molecule has 0 amide bonds. The molecular formula is C23H19NO4. The van der Waals surface area contributed by atoms with Crippen molar-refractivity contribution < 1.29 is 19.4 Å². The average Bonchev–Trinajstić information content (AvgIpc) is 3.00. The van der Waals surface area contributed by atoms with Crippen LogP contribution in [-0.4, -0.2) is 23.7 Å². The molecule has 0 bridgehead atoms. The van der Waals surface area contributed by atoms with Gasteiger partial charge >= 0.3 is 11.9 Å². The van der Waals surface area contributed by atoms with E-state index in [9.17, 15) is 14.7 Å². The van der Waals surface area contributed by atoms with Crippen LogP contribution in [0.15, 0.2) is 60.7 Å². The Balaban J connectivity index is 1.62. The highest BCUT2D eigenvalue weighted by Crippen LogP contribution is 2.44. The van der Waals surface area contributed by atoms with Crippen LogP contribution in [0.25, 0.3) is 11.1 Å². The van der Waals surface area contributed by atoms with Crippen LogP contribution in [0.4, 0.5) is 5.69 Å². The van der Waals surface area contributed by atoms with Gasteiger partial charge in [0.1, 0.15) is 6.61 Å². The van der Waals surface area contributed by atoms with E-state index in [1.54, 1.807) is 13.0 Å². The number of hydrogen-bond donors (Lipinski definition) is 2. The van der Waals surface area contributed by atoms with Gasteiger partial charge in [-0.1, -0.05) is 54.6 Å². The molecule has 0 saturated heterocycles. The summed E-state index contributed by atoms with van der Waals surface area (Å²) in [4.78, 5) is 24.1. The summed E-state index contributed by atoms with van der Waals surface area (Å²) in [6.07, 6.45) is 0. The molecule has 5 nitrogen and oxygen atoms in total. The minimum absolute atomic E-state index is 0.0639. The zero-order valence-electron chi connectivity index (χ0n) is 15.3. The molecule has 0 atom stereocenters. The first-order valence-electron chi connectivity index (χ1n) is 8.96. The molecule has 0 saturated carbocycles. The van der Waals surface area contributed by atoms with Crippen molar-refractivity contribution >= 4 is 17.6 Å². The molecule has 28 heavy (non-hydrogen) atoms. The molecule has 4 rings (SSSR count). The number of carboxylic acids is 1. The summed E-state index contributed by atoms with van der Waals surface area (Å²) < 4.78 is 5.57. The number of hydrogen-bond acceptors (Lipinski definition) is 4. The van der Waals surface area contributed by atoms with Gasteiger partial charge in [0.05, 0.1) is 16.8 Å². The van der Waals surface area contributed by atoms with Crippen LogP contribution in [0.3, 0.4) is 0 Å². The molecule has 0 unspecified atom stereocenters. The van der Waals surface area contributed by atoms with Gasteiger partial charge in [0.2, 0.25) is 0 Å². The van der Waals surface area contributed by atoms with E-state index in [-0.39, 0.29) is 29.3 Å². The molecule has 0 spiro atoms. The first-order chi connectivity index (χ1) is 13.5. The Hall–Kier alpha value is -3.60. The van der Waals surface area contributed by atoms with Crippen LogP contribution >= 0.6 is 0 Å². The van der Waals surface area contributed by atoms with Gasteiger partial charge in [-0.25, -0.2) is 9.59 Å². The molecule has 3 N–H and O–H groups in total. The third-order valence-corrected chi connectivity index (χ3v) is 5.23. The molecule has 140 valence electrons. The summed E-state index contributed by atoms with van der Waals surface area (Å²) >= 11 is 0. The number of nitrogen functional groups attached to an aromatic ring is 1. The van der Waals surface area contributed by atoms with E-state index in [0.29, 0.717) is 5.56 Å². The number of carboxylic acid groups (broad SMARTS) is 1. The van der Waals surface area contributed by atoms with Crippen molar-refractivity contribution in [1.82, 2.24) is 0 Å². The molecule has 1 aliphatic carbocycles. The first-order valence-corrected chi connectivity index (χ1v) is 8.96. The van der Waals surface area contributed by atoms with Crippen molar-refractivity contribution in [2.75, 3.05) is 12.3 Å². The molecule has 0 aliphatic heterocycles. The smallest absolute Gasteiger partial charge is 0.340 e. The van der Waals surface area contributed by atoms with Gasteiger partial charge in [0.25, 0.3) is 0 Å². The maximum atomic E-state index is 12.6. The van der Waals surface area contributed by atoms with E-state index >= 15 is 0 Å². The minimum atomic E-state index is -1.16. The number of ether oxygens (including phenoxy) is 1. The number of benzene rings is 3. The Labute approximate surface area is 162 Å². The third-order valence-electron chi connectivity index (χ3n) is 5.23. The number of nitrogens with two attached hydrogens (primary N) is 1. The summed E-state index contributed by atoms with van der Waals surface area (Å²) in [6, 6.07) is 19.2. The molecular weight excluding hydrogens is 354 g/mol. The molecule has 0 radical (unpaired) electrons. The predicted octanol–water partition coefficient (Wildman–Crippen LogP) is 4.24. The Bertz CT molecular complexity index is 1060. The SMILES string of the molecule is Cc1ccc(C(=O)OCC2c3ccccc3-c3ccccc32)c(N)c1C(=O)O. The van der Waals surface area contributed by atoms with Crippen LogP contribution in [-0.2, 0) is 4.74 Å². The molecule has 1 aliphatic rings. The van der Waals surface area contributed by atoms with Crippen molar-refractivity contribution in [2.45, 2.75) is 12.8 Å². The lowest BCUT2D eigenvalue weighted by Crippen LogP contribution is -2.16. The second-order valence-electron chi connectivity index (χ2n) is 6.85.